The number of aryl methyl sites for hydroxylation is 1. The SMILES string of the molecule is Cc1ccc(Oc2cc(F)cc(CN)c2)c(C(C)(C)C)c1. The van der Waals surface area contributed by atoms with Crippen molar-refractivity contribution in [3.63, 3.8) is 0 Å². The van der Waals surface area contributed by atoms with Gasteiger partial charge in [-0.1, -0.05) is 38.5 Å². The average molecular weight is 287 g/mol. The second-order valence-electron chi connectivity index (χ2n) is 6.35. The number of hydrogen-bond donors (Lipinski definition) is 1. The molecule has 0 radical (unpaired) electrons. The van der Waals surface area contributed by atoms with Crippen LogP contribution in [0.25, 0.3) is 0 Å². The highest BCUT2D eigenvalue weighted by molar-refractivity contribution is 5.44. The molecule has 2 N–H and O–H groups in total. The van der Waals surface area contributed by atoms with E-state index >= 15 is 0 Å². The second kappa shape index (κ2) is 5.86. The lowest BCUT2D eigenvalue weighted by Crippen LogP contribution is -2.13. The van der Waals surface area contributed by atoms with Crippen LogP contribution >= 0.6 is 0 Å². The van der Waals surface area contributed by atoms with Crippen LogP contribution in [0.3, 0.4) is 0 Å². The van der Waals surface area contributed by atoms with Crippen molar-refractivity contribution in [3.8, 4) is 11.5 Å². The highest BCUT2D eigenvalue weighted by atomic mass is 19.1. The Hall–Kier alpha value is -1.87. The molecule has 0 fully saturated rings. The molecular weight excluding hydrogens is 265 g/mol. The summed E-state index contributed by atoms with van der Waals surface area (Å²) in [6.07, 6.45) is 0. The van der Waals surface area contributed by atoms with Crippen molar-refractivity contribution in [2.24, 2.45) is 5.73 Å². The number of ether oxygens (including phenoxy) is 1. The van der Waals surface area contributed by atoms with Crippen LogP contribution in [0.1, 0.15) is 37.5 Å². The molecule has 0 aromatic heterocycles. The Labute approximate surface area is 125 Å². The smallest absolute Gasteiger partial charge is 0.131 e. The Morgan fingerprint density at radius 1 is 1.10 bits per heavy atom. The summed E-state index contributed by atoms with van der Waals surface area (Å²) < 4.78 is 19.5. The first-order valence-corrected chi connectivity index (χ1v) is 7.08. The molecular formula is C18H22FNO. The minimum atomic E-state index is -0.336. The zero-order valence-corrected chi connectivity index (χ0v) is 13.0. The molecule has 0 spiro atoms. The fourth-order valence-corrected chi connectivity index (χ4v) is 2.24. The van der Waals surface area contributed by atoms with Gasteiger partial charge in [-0.05, 0) is 36.1 Å². The Kier molecular flexibility index (Phi) is 4.33. The van der Waals surface area contributed by atoms with Gasteiger partial charge >= 0.3 is 0 Å². The highest BCUT2D eigenvalue weighted by Crippen LogP contribution is 2.35. The average Bonchev–Trinajstić information content (AvgIpc) is 2.39. The maximum absolute atomic E-state index is 13.6. The normalized spacial score (nSPS) is 11.5. The van der Waals surface area contributed by atoms with Crippen LogP contribution < -0.4 is 10.5 Å². The molecule has 0 heterocycles. The lowest BCUT2D eigenvalue weighted by molar-refractivity contribution is 0.450. The van der Waals surface area contributed by atoms with E-state index in [9.17, 15) is 4.39 Å². The molecule has 0 bridgehead atoms. The van der Waals surface area contributed by atoms with Gasteiger partial charge in [0.1, 0.15) is 17.3 Å². The molecule has 0 aliphatic rings. The molecule has 0 atom stereocenters. The van der Waals surface area contributed by atoms with Gasteiger partial charge < -0.3 is 10.5 Å². The molecule has 2 aromatic carbocycles. The molecule has 0 aliphatic heterocycles. The number of benzene rings is 2. The lowest BCUT2D eigenvalue weighted by Gasteiger charge is -2.23. The number of nitrogens with two attached hydrogens (primary N) is 1. The van der Waals surface area contributed by atoms with Crippen LogP contribution in [-0.2, 0) is 12.0 Å². The summed E-state index contributed by atoms with van der Waals surface area (Å²) in [5.41, 5.74) is 8.52. The second-order valence-corrected chi connectivity index (χ2v) is 6.35. The quantitative estimate of drug-likeness (QED) is 0.889. The third-order valence-electron chi connectivity index (χ3n) is 3.34. The molecule has 0 saturated heterocycles. The van der Waals surface area contributed by atoms with E-state index in [0.29, 0.717) is 5.75 Å². The molecule has 112 valence electrons. The van der Waals surface area contributed by atoms with E-state index in [4.69, 9.17) is 10.5 Å². The molecule has 0 amide bonds. The van der Waals surface area contributed by atoms with E-state index in [-0.39, 0.29) is 17.8 Å². The van der Waals surface area contributed by atoms with Crippen molar-refractivity contribution < 1.29 is 9.13 Å². The van der Waals surface area contributed by atoms with E-state index in [2.05, 4.69) is 26.8 Å². The van der Waals surface area contributed by atoms with Crippen LogP contribution in [0.2, 0.25) is 0 Å². The summed E-state index contributed by atoms with van der Waals surface area (Å²) in [5, 5.41) is 0. The summed E-state index contributed by atoms with van der Waals surface area (Å²) in [4.78, 5) is 0. The largest absolute Gasteiger partial charge is 0.457 e. The maximum Gasteiger partial charge on any atom is 0.131 e. The summed E-state index contributed by atoms with van der Waals surface area (Å²) in [5.74, 6) is 0.892. The number of hydrogen-bond acceptors (Lipinski definition) is 2. The lowest BCUT2D eigenvalue weighted by atomic mass is 9.85. The Morgan fingerprint density at radius 3 is 2.43 bits per heavy atom. The summed E-state index contributed by atoms with van der Waals surface area (Å²) in [6, 6.07) is 10.6. The van der Waals surface area contributed by atoms with Crippen LogP contribution in [0, 0.1) is 12.7 Å². The van der Waals surface area contributed by atoms with E-state index in [1.54, 1.807) is 6.07 Å². The Bertz CT molecular complexity index is 644. The zero-order chi connectivity index (χ0) is 15.6. The van der Waals surface area contributed by atoms with E-state index in [0.717, 1.165) is 16.9 Å². The highest BCUT2D eigenvalue weighted by Gasteiger charge is 2.19. The summed E-state index contributed by atoms with van der Waals surface area (Å²) >= 11 is 0. The molecule has 2 nitrogen and oxygen atoms in total. The van der Waals surface area contributed by atoms with Crippen LogP contribution in [0.15, 0.2) is 36.4 Å². The first-order chi connectivity index (χ1) is 9.79. The van der Waals surface area contributed by atoms with Crippen molar-refractivity contribution in [1.29, 1.82) is 0 Å². The molecule has 3 heteroatoms. The Morgan fingerprint density at radius 2 is 1.81 bits per heavy atom. The summed E-state index contributed by atoms with van der Waals surface area (Å²) in [7, 11) is 0. The van der Waals surface area contributed by atoms with Crippen LogP contribution in [-0.4, -0.2) is 0 Å². The van der Waals surface area contributed by atoms with E-state index < -0.39 is 0 Å². The number of rotatable bonds is 3. The molecule has 2 rings (SSSR count). The fourth-order valence-electron chi connectivity index (χ4n) is 2.24. The molecule has 0 saturated carbocycles. The summed E-state index contributed by atoms with van der Waals surface area (Å²) in [6.45, 7) is 8.73. The monoisotopic (exact) mass is 287 g/mol. The standard InChI is InChI=1S/C18H22FNO/c1-12-5-6-17(16(7-12)18(2,3)4)21-15-9-13(11-20)8-14(19)10-15/h5-10H,11,20H2,1-4H3. The Balaban J connectivity index is 2.42. The third kappa shape index (κ3) is 3.82. The van der Waals surface area contributed by atoms with Crippen LogP contribution in [0.4, 0.5) is 4.39 Å². The first kappa shape index (κ1) is 15.5. The van der Waals surface area contributed by atoms with Gasteiger partial charge in [0, 0.05) is 18.2 Å². The van der Waals surface area contributed by atoms with Crippen LogP contribution in [0.5, 0.6) is 11.5 Å². The topological polar surface area (TPSA) is 35.2 Å². The van der Waals surface area contributed by atoms with Gasteiger partial charge in [-0.15, -0.1) is 0 Å². The first-order valence-electron chi connectivity index (χ1n) is 7.08. The van der Waals surface area contributed by atoms with Crippen molar-refractivity contribution in [1.82, 2.24) is 0 Å². The van der Waals surface area contributed by atoms with Gasteiger partial charge in [-0.25, -0.2) is 4.39 Å². The maximum atomic E-state index is 13.6. The zero-order valence-electron chi connectivity index (χ0n) is 13.0. The molecule has 21 heavy (non-hydrogen) atoms. The van der Waals surface area contributed by atoms with Gasteiger partial charge in [0.15, 0.2) is 0 Å². The predicted molar refractivity (Wildman–Crippen MR) is 84.2 cm³/mol. The van der Waals surface area contributed by atoms with E-state index in [1.165, 1.54) is 17.7 Å². The van der Waals surface area contributed by atoms with Gasteiger partial charge in [-0.3, -0.25) is 0 Å². The fraction of sp³-hybridized carbons (Fsp3) is 0.333. The van der Waals surface area contributed by atoms with Gasteiger partial charge in [-0.2, -0.15) is 0 Å². The minimum Gasteiger partial charge on any atom is -0.457 e. The van der Waals surface area contributed by atoms with E-state index in [1.807, 2.05) is 19.1 Å². The van der Waals surface area contributed by atoms with Gasteiger partial charge in [0.25, 0.3) is 0 Å². The predicted octanol–water partition coefficient (Wildman–Crippen LogP) is 4.68. The van der Waals surface area contributed by atoms with Crippen molar-refractivity contribution >= 4 is 0 Å². The number of halogens is 1. The van der Waals surface area contributed by atoms with Gasteiger partial charge in [0.2, 0.25) is 0 Å². The third-order valence-corrected chi connectivity index (χ3v) is 3.34. The molecule has 0 aliphatic carbocycles. The van der Waals surface area contributed by atoms with Crippen molar-refractivity contribution in [2.45, 2.75) is 39.7 Å². The minimum absolute atomic E-state index is 0.0502. The molecule has 2 aromatic rings. The molecule has 0 unspecified atom stereocenters. The van der Waals surface area contributed by atoms with Crippen molar-refractivity contribution in [3.05, 3.63) is 58.9 Å². The van der Waals surface area contributed by atoms with Gasteiger partial charge in [0.05, 0.1) is 0 Å². The van der Waals surface area contributed by atoms with Crippen molar-refractivity contribution in [2.75, 3.05) is 0 Å².